The predicted octanol–water partition coefficient (Wildman–Crippen LogP) is 0.601. The maximum absolute atomic E-state index is 11.1. The van der Waals surface area contributed by atoms with Crippen molar-refractivity contribution in [2.75, 3.05) is 0 Å². The first kappa shape index (κ1) is 15.9. The number of esters is 1. The van der Waals surface area contributed by atoms with Crippen LogP contribution in [0, 0.1) is 0 Å². The Balaban J connectivity index is 2.00. The molecule has 2 rings (SSSR count). The fraction of sp³-hybridized carbons (Fsp3) is 0.533. The highest BCUT2D eigenvalue weighted by Gasteiger charge is 2.45. The van der Waals surface area contributed by atoms with Gasteiger partial charge >= 0.3 is 5.97 Å². The smallest absolute Gasteiger partial charge is 0.303 e. The van der Waals surface area contributed by atoms with Crippen LogP contribution in [-0.4, -0.2) is 46.9 Å². The molecule has 1 aliphatic heterocycles. The second-order valence-corrected chi connectivity index (χ2v) is 5.06. The summed E-state index contributed by atoms with van der Waals surface area (Å²) in [6.45, 7) is 3.10. The lowest BCUT2D eigenvalue weighted by Crippen LogP contribution is -2.58. The van der Waals surface area contributed by atoms with Gasteiger partial charge in [-0.15, -0.1) is 0 Å². The monoisotopic (exact) mass is 296 g/mol. The Morgan fingerprint density at radius 2 is 1.90 bits per heavy atom. The van der Waals surface area contributed by atoms with Gasteiger partial charge in [0.25, 0.3) is 0 Å². The van der Waals surface area contributed by atoms with Crippen molar-refractivity contribution in [3.63, 3.8) is 0 Å². The highest BCUT2D eigenvalue weighted by atomic mass is 16.7. The molecule has 0 amide bonds. The molecule has 6 nitrogen and oxygen atoms in total. The normalized spacial score (nSPS) is 32.7. The second kappa shape index (κ2) is 7.00. The average Bonchev–Trinajstić information content (AvgIpc) is 2.47. The molecule has 5 atom stereocenters. The zero-order chi connectivity index (χ0) is 15.4. The van der Waals surface area contributed by atoms with Crippen LogP contribution < -0.4 is 0 Å². The van der Waals surface area contributed by atoms with E-state index in [1.54, 1.807) is 6.92 Å². The third-order valence-electron chi connectivity index (χ3n) is 3.34. The molecule has 1 saturated heterocycles. The number of hydrogen-bond acceptors (Lipinski definition) is 6. The first-order chi connectivity index (χ1) is 9.99. The molecule has 0 radical (unpaired) electrons. The largest absolute Gasteiger partial charge is 0.457 e. The molecule has 1 aromatic rings. The van der Waals surface area contributed by atoms with Gasteiger partial charge in [0.1, 0.15) is 12.2 Å². The summed E-state index contributed by atoms with van der Waals surface area (Å²) in [5.41, 5.74) is 0.927. The molecule has 6 heteroatoms. The fourth-order valence-electron chi connectivity index (χ4n) is 2.22. The molecule has 0 spiro atoms. The Morgan fingerprint density at radius 1 is 1.24 bits per heavy atom. The predicted molar refractivity (Wildman–Crippen MR) is 73.1 cm³/mol. The summed E-state index contributed by atoms with van der Waals surface area (Å²) < 4.78 is 15.9. The summed E-state index contributed by atoms with van der Waals surface area (Å²) in [6, 6.07) is 9.43. The van der Waals surface area contributed by atoms with Gasteiger partial charge in [0, 0.05) is 6.92 Å². The van der Waals surface area contributed by atoms with Gasteiger partial charge < -0.3 is 24.4 Å². The van der Waals surface area contributed by atoms with E-state index >= 15 is 0 Å². The van der Waals surface area contributed by atoms with E-state index < -0.39 is 36.7 Å². The molecule has 1 aromatic carbocycles. The third kappa shape index (κ3) is 4.01. The summed E-state index contributed by atoms with van der Waals surface area (Å²) in [4.78, 5) is 11.1. The van der Waals surface area contributed by atoms with E-state index in [9.17, 15) is 15.0 Å². The van der Waals surface area contributed by atoms with Gasteiger partial charge in [0.05, 0.1) is 12.7 Å². The zero-order valence-electron chi connectivity index (χ0n) is 12.0. The standard InChI is InChI=1S/C15H20O6/c1-9-12(17)14(21-10(2)16)13(18)15(20-9)19-8-11-6-4-3-5-7-11/h3-7,9,12-15,17-18H,8H2,1-2H3/t9-,12-,13-,14+,15-/m0/s1. The molecule has 2 N–H and O–H groups in total. The Kier molecular flexibility index (Phi) is 5.30. The lowest BCUT2D eigenvalue weighted by atomic mass is 9.99. The SMILES string of the molecule is CC(=O)O[C@H]1[C@H](O)[C@@H](OCc2ccccc2)O[C@@H](C)[C@@H]1O. The maximum Gasteiger partial charge on any atom is 0.303 e. The van der Waals surface area contributed by atoms with Gasteiger partial charge in [-0.25, -0.2) is 0 Å². The van der Waals surface area contributed by atoms with E-state index in [1.807, 2.05) is 30.3 Å². The lowest BCUT2D eigenvalue weighted by Gasteiger charge is -2.40. The van der Waals surface area contributed by atoms with Crippen molar-refractivity contribution in [1.82, 2.24) is 0 Å². The first-order valence-electron chi connectivity index (χ1n) is 6.83. The van der Waals surface area contributed by atoms with Crippen LogP contribution in [0.1, 0.15) is 19.4 Å². The van der Waals surface area contributed by atoms with E-state index in [-0.39, 0.29) is 6.61 Å². The Bertz CT molecular complexity index is 462. The van der Waals surface area contributed by atoms with Crippen molar-refractivity contribution in [3.05, 3.63) is 35.9 Å². The average molecular weight is 296 g/mol. The summed E-state index contributed by atoms with van der Waals surface area (Å²) >= 11 is 0. The highest BCUT2D eigenvalue weighted by molar-refractivity contribution is 5.66. The number of aliphatic hydroxyl groups is 2. The van der Waals surface area contributed by atoms with Crippen molar-refractivity contribution in [3.8, 4) is 0 Å². The van der Waals surface area contributed by atoms with E-state index in [0.29, 0.717) is 0 Å². The quantitative estimate of drug-likeness (QED) is 0.792. The number of ether oxygens (including phenoxy) is 3. The minimum atomic E-state index is -1.25. The van der Waals surface area contributed by atoms with Gasteiger partial charge in [0.15, 0.2) is 12.4 Å². The number of carbonyl (C=O) groups excluding carboxylic acids is 1. The van der Waals surface area contributed by atoms with E-state index in [0.717, 1.165) is 5.56 Å². The number of benzene rings is 1. The van der Waals surface area contributed by atoms with Gasteiger partial charge in [-0.2, -0.15) is 0 Å². The number of hydrogen-bond donors (Lipinski definition) is 2. The van der Waals surface area contributed by atoms with E-state index in [1.165, 1.54) is 6.92 Å². The molecule has 1 fully saturated rings. The van der Waals surface area contributed by atoms with Crippen LogP contribution in [0.2, 0.25) is 0 Å². The van der Waals surface area contributed by atoms with Crippen molar-refractivity contribution >= 4 is 5.97 Å². The molecule has 0 bridgehead atoms. The minimum Gasteiger partial charge on any atom is -0.457 e. The molecule has 0 saturated carbocycles. The van der Waals surface area contributed by atoms with E-state index in [4.69, 9.17) is 14.2 Å². The van der Waals surface area contributed by atoms with Crippen LogP contribution in [0.25, 0.3) is 0 Å². The summed E-state index contributed by atoms with van der Waals surface area (Å²) in [5.74, 6) is -0.575. The molecular weight excluding hydrogens is 276 g/mol. The zero-order valence-corrected chi connectivity index (χ0v) is 12.0. The van der Waals surface area contributed by atoms with Crippen LogP contribution in [0.15, 0.2) is 30.3 Å². The van der Waals surface area contributed by atoms with Gasteiger partial charge in [0.2, 0.25) is 0 Å². The molecule has 116 valence electrons. The van der Waals surface area contributed by atoms with Crippen LogP contribution >= 0.6 is 0 Å². The topological polar surface area (TPSA) is 85.2 Å². The summed E-state index contributed by atoms with van der Waals surface area (Å²) in [5, 5.41) is 20.1. The van der Waals surface area contributed by atoms with Gasteiger partial charge in [-0.05, 0) is 12.5 Å². The minimum absolute atomic E-state index is 0.248. The summed E-state index contributed by atoms with van der Waals surface area (Å²) in [6.07, 6.45) is -4.98. The second-order valence-electron chi connectivity index (χ2n) is 5.06. The Labute approximate surface area is 123 Å². The molecule has 1 aliphatic rings. The third-order valence-corrected chi connectivity index (χ3v) is 3.34. The van der Waals surface area contributed by atoms with Crippen LogP contribution in [-0.2, 0) is 25.6 Å². The lowest BCUT2D eigenvalue weighted by molar-refractivity contribution is -0.298. The van der Waals surface area contributed by atoms with Crippen molar-refractivity contribution in [2.45, 2.75) is 51.2 Å². The van der Waals surface area contributed by atoms with Crippen molar-refractivity contribution < 1.29 is 29.2 Å². The summed E-state index contributed by atoms with van der Waals surface area (Å²) in [7, 11) is 0. The molecule has 1 heterocycles. The number of carbonyl (C=O) groups is 1. The maximum atomic E-state index is 11.1. The van der Waals surface area contributed by atoms with Gasteiger partial charge in [-0.1, -0.05) is 30.3 Å². The van der Waals surface area contributed by atoms with Crippen LogP contribution in [0.4, 0.5) is 0 Å². The molecular formula is C15H20O6. The molecule has 21 heavy (non-hydrogen) atoms. The van der Waals surface area contributed by atoms with E-state index in [2.05, 4.69) is 0 Å². The first-order valence-corrected chi connectivity index (χ1v) is 6.83. The van der Waals surface area contributed by atoms with Gasteiger partial charge in [-0.3, -0.25) is 4.79 Å². The van der Waals surface area contributed by atoms with Crippen LogP contribution in [0.3, 0.4) is 0 Å². The van der Waals surface area contributed by atoms with Crippen molar-refractivity contribution in [2.24, 2.45) is 0 Å². The molecule has 0 unspecified atom stereocenters. The molecule has 0 aliphatic carbocycles. The molecule has 0 aromatic heterocycles. The number of aliphatic hydroxyl groups excluding tert-OH is 2. The fourth-order valence-corrected chi connectivity index (χ4v) is 2.22. The highest BCUT2D eigenvalue weighted by Crippen LogP contribution is 2.25. The number of rotatable bonds is 4. The van der Waals surface area contributed by atoms with Crippen molar-refractivity contribution in [1.29, 1.82) is 0 Å². The Hall–Kier alpha value is -1.47. The Morgan fingerprint density at radius 3 is 2.52 bits per heavy atom. The van der Waals surface area contributed by atoms with Crippen LogP contribution in [0.5, 0.6) is 0 Å².